The van der Waals surface area contributed by atoms with Crippen LogP contribution in [-0.4, -0.2) is 80.2 Å². The normalized spacial score (nSPS) is 29.0. The highest BCUT2D eigenvalue weighted by Gasteiger charge is 2.55. The molecule has 138 valence electrons. The standard InChI is InChI=1S/C19H25N5OS/c25-17-6-16-9-22(8-15-2-1-3-20-7-15)12-19(24(16)10-17)13-23(14-19)11-18-21-4-5-26-18/h1-5,7,16-17,25H,6,8-14H2/t16-,17-/m1/s1. The minimum atomic E-state index is -0.178. The summed E-state index contributed by atoms with van der Waals surface area (Å²) < 4.78 is 0. The number of nitrogens with zero attached hydrogens (tertiary/aromatic N) is 5. The Labute approximate surface area is 158 Å². The summed E-state index contributed by atoms with van der Waals surface area (Å²) in [4.78, 5) is 16.4. The molecule has 6 nitrogen and oxygen atoms in total. The Morgan fingerprint density at radius 2 is 2.04 bits per heavy atom. The maximum absolute atomic E-state index is 10.3. The molecule has 0 aliphatic carbocycles. The average molecular weight is 372 g/mol. The molecule has 3 aliphatic heterocycles. The van der Waals surface area contributed by atoms with E-state index in [1.165, 1.54) is 10.6 Å². The molecule has 3 saturated heterocycles. The zero-order valence-corrected chi connectivity index (χ0v) is 15.7. The number of aliphatic hydroxyl groups is 1. The summed E-state index contributed by atoms with van der Waals surface area (Å²) in [6, 6.07) is 4.64. The van der Waals surface area contributed by atoms with Crippen LogP contribution in [0.5, 0.6) is 0 Å². The number of β-amino-alcohol motifs (C(OH)–C–C–N with tert-alkyl or cyclic N) is 1. The molecule has 5 heterocycles. The molecule has 3 aliphatic rings. The monoisotopic (exact) mass is 371 g/mol. The first kappa shape index (κ1) is 16.8. The number of thiazole rings is 1. The van der Waals surface area contributed by atoms with Crippen LogP contribution in [0.15, 0.2) is 36.1 Å². The fourth-order valence-electron chi connectivity index (χ4n) is 5.09. The van der Waals surface area contributed by atoms with Crippen LogP contribution in [0.2, 0.25) is 0 Å². The highest BCUT2D eigenvalue weighted by atomic mass is 32.1. The number of fused-ring (bicyclic) bond motifs is 2. The minimum Gasteiger partial charge on any atom is -0.392 e. The Morgan fingerprint density at radius 1 is 1.15 bits per heavy atom. The maximum atomic E-state index is 10.3. The van der Waals surface area contributed by atoms with Gasteiger partial charge in [0.05, 0.1) is 18.2 Å². The average Bonchev–Trinajstić information content (AvgIpc) is 3.23. The number of pyridine rings is 1. The number of aliphatic hydroxyl groups excluding tert-OH is 1. The predicted octanol–water partition coefficient (Wildman–Crippen LogP) is 1.04. The van der Waals surface area contributed by atoms with E-state index in [4.69, 9.17) is 0 Å². The van der Waals surface area contributed by atoms with Gasteiger partial charge in [0.15, 0.2) is 0 Å². The van der Waals surface area contributed by atoms with E-state index in [-0.39, 0.29) is 11.6 Å². The first-order valence-corrected chi connectivity index (χ1v) is 10.2. The Bertz CT molecular complexity index is 734. The van der Waals surface area contributed by atoms with Gasteiger partial charge in [0, 0.05) is 69.3 Å². The molecule has 2 aromatic rings. The topological polar surface area (TPSA) is 55.7 Å². The van der Waals surface area contributed by atoms with Crippen LogP contribution >= 0.6 is 11.3 Å². The summed E-state index contributed by atoms with van der Waals surface area (Å²) in [6.45, 7) is 6.97. The van der Waals surface area contributed by atoms with Gasteiger partial charge in [-0.3, -0.25) is 19.7 Å². The first-order valence-electron chi connectivity index (χ1n) is 9.37. The minimum absolute atomic E-state index is 0.178. The fraction of sp³-hybridized carbons (Fsp3) is 0.579. The van der Waals surface area contributed by atoms with E-state index in [1.807, 2.05) is 30.0 Å². The third kappa shape index (κ3) is 3.08. The molecule has 2 aromatic heterocycles. The second-order valence-electron chi connectivity index (χ2n) is 8.02. The number of piperazine rings is 1. The molecule has 0 unspecified atom stereocenters. The fourth-order valence-corrected chi connectivity index (χ4v) is 5.75. The molecule has 3 fully saturated rings. The summed E-state index contributed by atoms with van der Waals surface area (Å²) in [5, 5.41) is 13.5. The molecular weight excluding hydrogens is 346 g/mol. The van der Waals surface area contributed by atoms with Crippen molar-refractivity contribution in [1.82, 2.24) is 24.7 Å². The number of hydrogen-bond donors (Lipinski definition) is 1. The van der Waals surface area contributed by atoms with E-state index in [0.717, 1.165) is 52.2 Å². The third-order valence-corrected chi connectivity index (χ3v) is 6.76. The van der Waals surface area contributed by atoms with Gasteiger partial charge in [-0.2, -0.15) is 0 Å². The number of hydrogen-bond acceptors (Lipinski definition) is 7. The molecule has 0 saturated carbocycles. The van der Waals surface area contributed by atoms with E-state index in [2.05, 4.69) is 30.7 Å². The van der Waals surface area contributed by atoms with Crippen molar-refractivity contribution in [2.24, 2.45) is 0 Å². The van der Waals surface area contributed by atoms with Gasteiger partial charge >= 0.3 is 0 Å². The summed E-state index contributed by atoms with van der Waals surface area (Å²) in [5.74, 6) is 0. The molecule has 0 radical (unpaired) electrons. The van der Waals surface area contributed by atoms with Crippen molar-refractivity contribution in [3.63, 3.8) is 0 Å². The predicted molar refractivity (Wildman–Crippen MR) is 101 cm³/mol. The van der Waals surface area contributed by atoms with Gasteiger partial charge in [0.25, 0.3) is 0 Å². The lowest BCUT2D eigenvalue weighted by Crippen LogP contribution is -2.77. The van der Waals surface area contributed by atoms with Gasteiger partial charge in [-0.1, -0.05) is 6.07 Å². The number of rotatable bonds is 4. The molecule has 5 rings (SSSR count). The Hall–Kier alpha value is -1.38. The summed E-state index contributed by atoms with van der Waals surface area (Å²) in [7, 11) is 0. The number of aromatic nitrogens is 2. The van der Waals surface area contributed by atoms with E-state index in [0.29, 0.717) is 6.04 Å². The lowest BCUT2D eigenvalue weighted by atomic mass is 9.83. The zero-order valence-electron chi connectivity index (χ0n) is 14.9. The molecule has 1 spiro atoms. The van der Waals surface area contributed by atoms with Crippen LogP contribution in [0.1, 0.15) is 17.0 Å². The van der Waals surface area contributed by atoms with Gasteiger partial charge in [-0.25, -0.2) is 4.98 Å². The van der Waals surface area contributed by atoms with Gasteiger partial charge in [0.2, 0.25) is 0 Å². The molecule has 0 amide bonds. The molecule has 2 atom stereocenters. The molecular formula is C19H25N5OS. The van der Waals surface area contributed by atoms with Crippen molar-refractivity contribution < 1.29 is 5.11 Å². The number of likely N-dealkylation sites (tertiary alicyclic amines) is 1. The van der Waals surface area contributed by atoms with Crippen molar-refractivity contribution in [1.29, 1.82) is 0 Å². The molecule has 1 N–H and O–H groups in total. The maximum Gasteiger partial charge on any atom is 0.107 e. The zero-order chi connectivity index (χ0) is 17.6. The highest BCUT2D eigenvalue weighted by molar-refractivity contribution is 7.09. The molecule has 7 heteroatoms. The van der Waals surface area contributed by atoms with E-state index < -0.39 is 0 Å². The van der Waals surface area contributed by atoms with Crippen LogP contribution in [-0.2, 0) is 13.1 Å². The molecule has 0 bridgehead atoms. The first-order chi connectivity index (χ1) is 12.7. The van der Waals surface area contributed by atoms with Crippen molar-refractivity contribution in [2.45, 2.75) is 37.2 Å². The van der Waals surface area contributed by atoms with Crippen molar-refractivity contribution in [3.05, 3.63) is 46.7 Å². The molecule has 26 heavy (non-hydrogen) atoms. The second-order valence-corrected chi connectivity index (χ2v) is 9.00. The summed E-state index contributed by atoms with van der Waals surface area (Å²) in [6.07, 6.45) is 6.41. The van der Waals surface area contributed by atoms with Gasteiger partial charge in [-0.05, 0) is 18.1 Å². The van der Waals surface area contributed by atoms with Crippen LogP contribution in [0.4, 0.5) is 0 Å². The highest BCUT2D eigenvalue weighted by Crippen LogP contribution is 2.39. The van der Waals surface area contributed by atoms with Crippen LogP contribution in [0.25, 0.3) is 0 Å². The van der Waals surface area contributed by atoms with Gasteiger partial charge in [0.1, 0.15) is 5.01 Å². The van der Waals surface area contributed by atoms with E-state index in [1.54, 1.807) is 11.3 Å². The van der Waals surface area contributed by atoms with E-state index >= 15 is 0 Å². The van der Waals surface area contributed by atoms with Crippen molar-refractivity contribution in [3.8, 4) is 0 Å². The van der Waals surface area contributed by atoms with Crippen LogP contribution in [0.3, 0.4) is 0 Å². The van der Waals surface area contributed by atoms with Crippen molar-refractivity contribution in [2.75, 3.05) is 32.7 Å². The Morgan fingerprint density at radius 3 is 2.81 bits per heavy atom. The Balaban J connectivity index is 1.30. The Kier molecular flexibility index (Phi) is 4.29. The largest absolute Gasteiger partial charge is 0.392 e. The van der Waals surface area contributed by atoms with Gasteiger partial charge < -0.3 is 5.11 Å². The summed E-state index contributed by atoms with van der Waals surface area (Å²) in [5.41, 5.74) is 1.45. The smallest absolute Gasteiger partial charge is 0.107 e. The van der Waals surface area contributed by atoms with Crippen molar-refractivity contribution >= 4 is 11.3 Å². The lowest BCUT2D eigenvalue weighted by molar-refractivity contribution is -0.118. The SMILES string of the molecule is O[C@@H]1C[C@@H]2CN(Cc3cccnc3)CC3(CN(Cc4nccs4)C3)N2C1. The lowest BCUT2D eigenvalue weighted by Gasteiger charge is -2.61. The second kappa shape index (κ2) is 6.65. The van der Waals surface area contributed by atoms with Gasteiger partial charge in [-0.15, -0.1) is 11.3 Å². The molecule has 0 aromatic carbocycles. The van der Waals surface area contributed by atoms with Crippen LogP contribution in [0, 0.1) is 0 Å². The quantitative estimate of drug-likeness (QED) is 0.867. The van der Waals surface area contributed by atoms with Crippen LogP contribution < -0.4 is 0 Å². The van der Waals surface area contributed by atoms with E-state index in [9.17, 15) is 5.11 Å². The summed E-state index contributed by atoms with van der Waals surface area (Å²) >= 11 is 1.73. The third-order valence-electron chi connectivity index (χ3n) is 6.00.